The Balaban J connectivity index is 1.79. The van der Waals surface area contributed by atoms with E-state index in [1.807, 2.05) is 31.2 Å². The van der Waals surface area contributed by atoms with Crippen LogP contribution in [0.3, 0.4) is 0 Å². The number of aryl methyl sites for hydroxylation is 1. The molecule has 1 atom stereocenters. The lowest BCUT2D eigenvalue weighted by Gasteiger charge is -2.30. The Morgan fingerprint density at radius 3 is 2.72 bits per heavy atom. The summed E-state index contributed by atoms with van der Waals surface area (Å²) in [6.45, 7) is 4.84. The standard InChI is InChI=1S/C15H23NO2/c1-12-3-2-4-13(11-12)15(18)7-10-16-8-5-14(17)6-9-16/h2-4,11,14-15,17-18H,5-10H2,1H3. The van der Waals surface area contributed by atoms with Gasteiger partial charge in [-0.1, -0.05) is 29.8 Å². The van der Waals surface area contributed by atoms with Crippen LogP contribution in [0.1, 0.15) is 36.5 Å². The number of likely N-dealkylation sites (tertiary alicyclic amines) is 1. The van der Waals surface area contributed by atoms with E-state index in [2.05, 4.69) is 4.90 Å². The summed E-state index contributed by atoms with van der Waals surface area (Å²) in [5.41, 5.74) is 2.19. The molecule has 3 heteroatoms. The molecule has 100 valence electrons. The molecule has 2 rings (SSSR count). The maximum atomic E-state index is 10.2. The SMILES string of the molecule is Cc1cccc(C(O)CCN2CCC(O)CC2)c1. The molecule has 1 aromatic rings. The molecule has 0 spiro atoms. The van der Waals surface area contributed by atoms with Crippen LogP contribution in [-0.2, 0) is 0 Å². The fraction of sp³-hybridized carbons (Fsp3) is 0.600. The molecule has 1 aliphatic rings. The zero-order chi connectivity index (χ0) is 13.0. The van der Waals surface area contributed by atoms with Crippen molar-refractivity contribution in [1.29, 1.82) is 0 Å². The molecule has 0 amide bonds. The quantitative estimate of drug-likeness (QED) is 0.856. The number of hydrogen-bond donors (Lipinski definition) is 2. The van der Waals surface area contributed by atoms with E-state index in [0.29, 0.717) is 0 Å². The van der Waals surface area contributed by atoms with Crippen LogP contribution in [0.25, 0.3) is 0 Å². The third-order valence-corrected chi connectivity index (χ3v) is 3.70. The van der Waals surface area contributed by atoms with Gasteiger partial charge in [0, 0.05) is 19.6 Å². The summed E-state index contributed by atoms with van der Waals surface area (Å²) in [5.74, 6) is 0. The first-order valence-corrected chi connectivity index (χ1v) is 6.80. The van der Waals surface area contributed by atoms with E-state index in [1.54, 1.807) is 0 Å². The van der Waals surface area contributed by atoms with Gasteiger partial charge in [0.15, 0.2) is 0 Å². The zero-order valence-corrected chi connectivity index (χ0v) is 11.0. The van der Waals surface area contributed by atoms with Gasteiger partial charge in [-0.2, -0.15) is 0 Å². The highest BCUT2D eigenvalue weighted by Gasteiger charge is 2.17. The second-order valence-corrected chi connectivity index (χ2v) is 5.29. The molecule has 1 aliphatic heterocycles. The van der Waals surface area contributed by atoms with Crippen molar-refractivity contribution in [2.45, 2.75) is 38.4 Å². The number of benzene rings is 1. The van der Waals surface area contributed by atoms with E-state index in [-0.39, 0.29) is 12.2 Å². The first-order chi connectivity index (χ1) is 8.65. The van der Waals surface area contributed by atoms with Crippen molar-refractivity contribution in [2.75, 3.05) is 19.6 Å². The Kier molecular flexibility index (Phi) is 4.75. The van der Waals surface area contributed by atoms with Crippen molar-refractivity contribution < 1.29 is 10.2 Å². The Morgan fingerprint density at radius 1 is 1.33 bits per heavy atom. The van der Waals surface area contributed by atoms with E-state index in [1.165, 1.54) is 5.56 Å². The molecule has 1 unspecified atom stereocenters. The van der Waals surface area contributed by atoms with Crippen LogP contribution in [0.2, 0.25) is 0 Å². The van der Waals surface area contributed by atoms with Crippen molar-refractivity contribution in [3.63, 3.8) is 0 Å². The van der Waals surface area contributed by atoms with Crippen LogP contribution < -0.4 is 0 Å². The average Bonchev–Trinajstić information content (AvgIpc) is 2.38. The minimum absolute atomic E-state index is 0.122. The van der Waals surface area contributed by atoms with Gasteiger partial charge < -0.3 is 15.1 Å². The molecule has 1 fully saturated rings. The Morgan fingerprint density at radius 2 is 2.06 bits per heavy atom. The fourth-order valence-corrected chi connectivity index (χ4v) is 2.49. The van der Waals surface area contributed by atoms with Crippen LogP contribution in [0.5, 0.6) is 0 Å². The highest BCUT2D eigenvalue weighted by atomic mass is 16.3. The molecule has 0 bridgehead atoms. The molecule has 0 aliphatic carbocycles. The zero-order valence-electron chi connectivity index (χ0n) is 11.0. The van der Waals surface area contributed by atoms with E-state index in [9.17, 15) is 10.2 Å². The highest BCUT2D eigenvalue weighted by Crippen LogP contribution is 2.19. The van der Waals surface area contributed by atoms with Crippen molar-refractivity contribution >= 4 is 0 Å². The molecule has 2 N–H and O–H groups in total. The molecule has 1 aromatic carbocycles. The van der Waals surface area contributed by atoms with Crippen molar-refractivity contribution in [2.24, 2.45) is 0 Å². The van der Waals surface area contributed by atoms with Crippen molar-refractivity contribution in [3.8, 4) is 0 Å². The van der Waals surface area contributed by atoms with Crippen LogP contribution in [-0.4, -0.2) is 40.9 Å². The average molecular weight is 249 g/mol. The number of rotatable bonds is 4. The van der Waals surface area contributed by atoms with E-state index < -0.39 is 0 Å². The lowest BCUT2D eigenvalue weighted by molar-refractivity contribution is 0.0711. The van der Waals surface area contributed by atoms with Gasteiger partial charge in [0.05, 0.1) is 12.2 Å². The Bertz CT molecular complexity index is 373. The summed E-state index contributed by atoms with van der Waals surface area (Å²) in [6.07, 6.45) is 1.99. The normalized spacial score (nSPS) is 19.9. The number of aliphatic hydroxyl groups excluding tert-OH is 2. The molecular weight excluding hydrogens is 226 g/mol. The lowest BCUT2D eigenvalue weighted by atomic mass is 10.0. The minimum atomic E-state index is -0.378. The predicted octanol–water partition coefficient (Wildman–Crippen LogP) is 1.88. The van der Waals surface area contributed by atoms with Gasteiger partial charge in [0.2, 0.25) is 0 Å². The Hall–Kier alpha value is -0.900. The number of nitrogens with zero attached hydrogens (tertiary/aromatic N) is 1. The first kappa shape index (κ1) is 13.5. The highest BCUT2D eigenvalue weighted by molar-refractivity contribution is 5.23. The second-order valence-electron chi connectivity index (χ2n) is 5.29. The van der Waals surface area contributed by atoms with Gasteiger partial charge in [-0.05, 0) is 31.7 Å². The van der Waals surface area contributed by atoms with Gasteiger partial charge in [-0.3, -0.25) is 0 Å². The molecule has 18 heavy (non-hydrogen) atoms. The number of aliphatic hydroxyl groups is 2. The van der Waals surface area contributed by atoms with Gasteiger partial charge >= 0.3 is 0 Å². The molecule has 1 saturated heterocycles. The third-order valence-electron chi connectivity index (χ3n) is 3.70. The van der Waals surface area contributed by atoms with Gasteiger partial charge in [-0.15, -0.1) is 0 Å². The van der Waals surface area contributed by atoms with Gasteiger partial charge in [0.25, 0.3) is 0 Å². The molecule has 1 heterocycles. The molecule has 0 radical (unpaired) electrons. The third kappa shape index (κ3) is 3.80. The summed E-state index contributed by atoms with van der Waals surface area (Å²) in [5, 5.41) is 19.6. The summed E-state index contributed by atoms with van der Waals surface area (Å²) >= 11 is 0. The predicted molar refractivity (Wildman–Crippen MR) is 72.4 cm³/mol. The van der Waals surface area contributed by atoms with Crippen molar-refractivity contribution in [1.82, 2.24) is 4.90 Å². The number of piperidine rings is 1. The van der Waals surface area contributed by atoms with Crippen molar-refractivity contribution in [3.05, 3.63) is 35.4 Å². The molecule has 0 saturated carbocycles. The smallest absolute Gasteiger partial charge is 0.0802 e. The Labute approximate surface area is 109 Å². The molecule has 3 nitrogen and oxygen atoms in total. The van der Waals surface area contributed by atoms with E-state index in [4.69, 9.17) is 0 Å². The van der Waals surface area contributed by atoms with Crippen LogP contribution in [0, 0.1) is 6.92 Å². The first-order valence-electron chi connectivity index (χ1n) is 6.80. The topological polar surface area (TPSA) is 43.7 Å². The van der Waals surface area contributed by atoms with Gasteiger partial charge in [0.1, 0.15) is 0 Å². The second kappa shape index (κ2) is 6.32. The van der Waals surface area contributed by atoms with E-state index in [0.717, 1.165) is 44.5 Å². The maximum absolute atomic E-state index is 10.2. The monoisotopic (exact) mass is 249 g/mol. The molecule has 0 aromatic heterocycles. The van der Waals surface area contributed by atoms with Crippen LogP contribution in [0.4, 0.5) is 0 Å². The summed E-state index contributed by atoms with van der Waals surface area (Å²) < 4.78 is 0. The van der Waals surface area contributed by atoms with Crippen LogP contribution >= 0.6 is 0 Å². The fourth-order valence-electron chi connectivity index (χ4n) is 2.49. The van der Waals surface area contributed by atoms with Crippen LogP contribution in [0.15, 0.2) is 24.3 Å². The largest absolute Gasteiger partial charge is 0.393 e. The number of hydrogen-bond acceptors (Lipinski definition) is 3. The summed E-state index contributed by atoms with van der Waals surface area (Å²) in [6, 6.07) is 8.07. The summed E-state index contributed by atoms with van der Waals surface area (Å²) in [4.78, 5) is 2.33. The van der Waals surface area contributed by atoms with Gasteiger partial charge in [-0.25, -0.2) is 0 Å². The lowest BCUT2D eigenvalue weighted by Crippen LogP contribution is -2.36. The maximum Gasteiger partial charge on any atom is 0.0802 e. The summed E-state index contributed by atoms with van der Waals surface area (Å²) in [7, 11) is 0. The van der Waals surface area contributed by atoms with E-state index >= 15 is 0 Å². The molecular formula is C15H23NO2. The minimum Gasteiger partial charge on any atom is -0.393 e.